The van der Waals surface area contributed by atoms with Gasteiger partial charge < -0.3 is 14.6 Å². The zero-order chi connectivity index (χ0) is 18.1. The predicted molar refractivity (Wildman–Crippen MR) is 91.7 cm³/mol. The molecule has 0 amide bonds. The van der Waals surface area contributed by atoms with Crippen molar-refractivity contribution < 1.29 is 24.2 Å². The van der Waals surface area contributed by atoms with Crippen molar-refractivity contribution in [2.24, 2.45) is 17.8 Å². The summed E-state index contributed by atoms with van der Waals surface area (Å²) in [6.45, 7) is 3.68. The van der Waals surface area contributed by atoms with Crippen LogP contribution in [-0.2, 0) is 19.1 Å². The summed E-state index contributed by atoms with van der Waals surface area (Å²) >= 11 is 0. The van der Waals surface area contributed by atoms with Gasteiger partial charge in [-0.05, 0) is 44.9 Å². The Balaban J connectivity index is 2.60. The highest BCUT2D eigenvalue weighted by Gasteiger charge is 2.36. The number of carbonyl (C=O) groups is 3. The van der Waals surface area contributed by atoms with E-state index < -0.39 is 6.10 Å². The fourth-order valence-corrected chi connectivity index (χ4v) is 3.74. The summed E-state index contributed by atoms with van der Waals surface area (Å²) < 4.78 is 4.87. The first kappa shape index (κ1) is 21.0. The SMILES string of the molecule is CCC(=O)C1CCC(C(=O)CCC(O)COC)CC1CCC(C)=O. The summed E-state index contributed by atoms with van der Waals surface area (Å²) in [7, 11) is 1.52. The Labute approximate surface area is 145 Å². The average molecular weight is 340 g/mol. The highest BCUT2D eigenvalue weighted by molar-refractivity contribution is 5.83. The fraction of sp³-hybridized carbons (Fsp3) is 0.842. The monoisotopic (exact) mass is 340 g/mol. The lowest BCUT2D eigenvalue weighted by Crippen LogP contribution is -2.34. The molecule has 0 spiro atoms. The number of Topliss-reactive ketones (excluding diaryl/α,β-unsaturated/α-hetero) is 3. The van der Waals surface area contributed by atoms with Gasteiger partial charge in [0.2, 0.25) is 0 Å². The largest absolute Gasteiger partial charge is 0.391 e. The molecule has 0 heterocycles. The molecule has 1 saturated carbocycles. The molecule has 138 valence electrons. The number of methoxy groups -OCH3 is 1. The molecule has 0 aliphatic heterocycles. The fourth-order valence-electron chi connectivity index (χ4n) is 3.74. The number of ketones is 3. The van der Waals surface area contributed by atoms with E-state index in [0.717, 1.165) is 12.8 Å². The lowest BCUT2D eigenvalue weighted by molar-refractivity contribution is -0.131. The number of aliphatic hydroxyl groups excluding tert-OH is 1. The molecule has 5 nitrogen and oxygen atoms in total. The third kappa shape index (κ3) is 6.81. The predicted octanol–water partition coefficient (Wildman–Crippen LogP) is 2.72. The van der Waals surface area contributed by atoms with Crippen LogP contribution < -0.4 is 0 Å². The van der Waals surface area contributed by atoms with E-state index in [-0.39, 0.29) is 41.7 Å². The first-order valence-corrected chi connectivity index (χ1v) is 9.10. The number of carbonyl (C=O) groups excluding carboxylic acids is 3. The van der Waals surface area contributed by atoms with Gasteiger partial charge in [0.15, 0.2) is 0 Å². The van der Waals surface area contributed by atoms with Gasteiger partial charge >= 0.3 is 0 Å². The number of ether oxygens (including phenoxy) is 1. The minimum absolute atomic E-state index is 0.00233. The van der Waals surface area contributed by atoms with Gasteiger partial charge in [0.25, 0.3) is 0 Å². The third-order valence-corrected chi connectivity index (χ3v) is 5.15. The van der Waals surface area contributed by atoms with Crippen molar-refractivity contribution in [3.8, 4) is 0 Å². The van der Waals surface area contributed by atoms with Crippen molar-refractivity contribution in [2.45, 2.75) is 71.3 Å². The van der Waals surface area contributed by atoms with E-state index >= 15 is 0 Å². The normalized spacial score (nSPS) is 25.2. The summed E-state index contributed by atoms with van der Waals surface area (Å²) in [5, 5.41) is 9.68. The Bertz CT molecular complexity index is 431. The maximum atomic E-state index is 12.4. The van der Waals surface area contributed by atoms with Crippen LogP contribution in [-0.4, -0.2) is 42.3 Å². The van der Waals surface area contributed by atoms with E-state index in [1.807, 2.05) is 6.92 Å². The van der Waals surface area contributed by atoms with Crippen LogP contribution in [0, 0.1) is 17.8 Å². The van der Waals surface area contributed by atoms with Gasteiger partial charge in [0.1, 0.15) is 17.3 Å². The van der Waals surface area contributed by atoms with Crippen LogP contribution in [0.5, 0.6) is 0 Å². The maximum Gasteiger partial charge on any atom is 0.136 e. The van der Waals surface area contributed by atoms with Gasteiger partial charge in [-0.25, -0.2) is 0 Å². The van der Waals surface area contributed by atoms with Crippen molar-refractivity contribution in [1.82, 2.24) is 0 Å². The smallest absolute Gasteiger partial charge is 0.136 e. The number of aliphatic hydroxyl groups is 1. The Morgan fingerprint density at radius 2 is 1.88 bits per heavy atom. The van der Waals surface area contributed by atoms with Crippen LogP contribution in [0.3, 0.4) is 0 Å². The number of hydrogen-bond acceptors (Lipinski definition) is 5. The minimum atomic E-state index is -0.606. The molecule has 1 aliphatic rings. The first-order valence-electron chi connectivity index (χ1n) is 9.10. The molecule has 4 atom stereocenters. The minimum Gasteiger partial charge on any atom is -0.391 e. The molecule has 0 aromatic heterocycles. The van der Waals surface area contributed by atoms with E-state index in [9.17, 15) is 19.5 Å². The zero-order valence-electron chi connectivity index (χ0n) is 15.3. The molecule has 24 heavy (non-hydrogen) atoms. The summed E-state index contributed by atoms with van der Waals surface area (Å²) in [5.41, 5.74) is 0. The van der Waals surface area contributed by atoms with Crippen LogP contribution in [0.1, 0.15) is 65.2 Å². The van der Waals surface area contributed by atoms with Gasteiger partial charge in [0.05, 0.1) is 12.7 Å². The van der Waals surface area contributed by atoms with E-state index in [4.69, 9.17) is 4.74 Å². The van der Waals surface area contributed by atoms with Crippen molar-refractivity contribution in [1.29, 1.82) is 0 Å². The molecular weight excluding hydrogens is 308 g/mol. The van der Waals surface area contributed by atoms with E-state index in [1.165, 1.54) is 7.11 Å². The second kappa shape index (κ2) is 10.7. The van der Waals surface area contributed by atoms with Crippen molar-refractivity contribution in [3.05, 3.63) is 0 Å². The van der Waals surface area contributed by atoms with Crippen LogP contribution in [0.25, 0.3) is 0 Å². The molecular formula is C19H32O5. The third-order valence-electron chi connectivity index (χ3n) is 5.15. The highest BCUT2D eigenvalue weighted by atomic mass is 16.5. The summed E-state index contributed by atoms with van der Waals surface area (Å²) in [4.78, 5) is 35.9. The molecule has 0 bridgehead atoms. The van der Waals surface area contributed by atoms with Gasteiger partial charge in [-0.2, -0.15) is 0 Å². The van der Waals surface area contributed by atoms with Gasteiger partial charge in [0, 0.05) is 38.2 Å². The van der Waals surface area contributed by atoms with E-state index in [2.05, 4.69) is 0 Å². The van der Waals surface area contributed by atoms with Crippen molar-refractivity contribution in [2.75, 3.05) is 13.7 Å². The molecule has 1 rings (SSSR count). The Kier molecular flexibility index (Phi) is 9.37. The van der Waals surface area contributed by atoms with Gasteiger partial charge in [-0.1, -0.05) is 6.92 Å². The molecule has 1 fully saturated rings. The highest BCUT2D eigenvalue weighted by Crippen LogP contribution is 2.38. The van der Waals surface area contributed by atoms with Crippen LogP contribution >= 0.6 is 0 Å². The zero-order valence-corrected chi connectivity index (χ0v) is 15.3. The molecule has 0 aromatic rings. The topological polar surface area (TPSA) is 80.7 Å². The standard InChI is InChI=1S/C19H32O5/c1-4-18(22)17-9-7-15(11-14(17)6-5-13(2)20)19(23)10-8-16(21)12-24-3/h14-17,21H,4-12H2,1-3H3. The maximum absolute atomic E-state index is 12.4. The van der Waals surface area contributed by atoms with Crippen molar-refractivity contribution >= 4 is 17.3 Å². The first-order chi connectivity index (χ1) is 11.4. The van der Waals surface area contributed by atoms with Gasteiger partial charge in [-0.3, -0.25) is 9.59 Å². The second-order valence-corrected chi connectivity index (χ2v) is 7.05. The molecule has 0 aromatic carbocycles. The molecule has 0 saturated heterocycles. The summed E-state index contributed by atoms with van der Waals surface area (Å²) in [6, 6.07) is 0. The summed E-state index contributed by atoms with van der Waals surface area (Å²) in [5.74, 6) is 0.641. The summed E-state index contributed by atoms with van der Waals surface area (Å²) in [6.07, 6.45) is 4.03. The molecule has 4 unspecified atom stereocenters. The Morgan fingerprint density at radius 3 is 2.46 bits per heavy atom. The number of rotatable bonds is 11. The lowest BCUT2D eigenvalue weighted by atomic mass is 9.68. The van der Waals surface area contributed by atoms with Crippen LogP contribution in [0.4, 0.5) is 0 Å². The average Bonchev–Trinajstić information content (AvgIpc) is 2.57. The van der Waals surface area contributed by atoms with Crippen LogP contribution in [0.2, 0.25) is 0 Å². The quantitative estimate of drug-likeness (QED) is 0.625. The van der Waals surface area contributed by atoms with E-state index in [1.54, 1.807) is 6.92 Å². The Hall–Kier alpha value is -1.07. The van der Waals surface area contributed by atoms with Gasteiger partial charge in [-0.15, -0.1) is 0 Å². The molecule has 1 aliphatic carbocycles. The van der Waals surface area contributed by atoms with Crippen LogP contribution in [0.15, 0.2) is 0 Å². The molecule has 0 radical (unpaired) electrons. The number of hydrogen-bond donors (Lipinski definition) is 1. The van der Waals surface area contributed by atoms with E-state index in [0.29, 0.717) is 38.5 Å². The molecule has 1 N–H and O–H groups in total. The Morgan fingerprint density at radius 1 is 1.17 bits per heavy atom. The second-order valence-electron chi connectivity index (χ2n) is 7.05. The lowest BCUT2D eigenvalue weighted by Gasteiger charge is -2.35. The molecule has 5 heteroatoms. The van der Waals surface area contributed by atoms with Crippen molar-refractivity contribution in [3.63, 3.8) is 0 Å².